The first-order valence-corrected chi connectivity index (χ1v) is 8.69. The zero-order valence-corrected chi connectivity index (χ0v) is 15.4. The van der Waals surface area contributed by atoms with Crippen molar-refractivity contribution >= 4 is 29.1 Å². The molecule has 1 heterocycles. The summed E-state index contributed by atoms with van der Waals surface area (Å²) in [6, 6.07) is 7.85. The molecule has 2 aromatic rings. The highest BCUT2D eigenvalue weighted by atomic mass is 19.1. The maximum Gasteiger partial charge on any atom is 0.251 e. The van der Waals surface area contributed by atoms with E-state index in [0.29, 0.717) is 17.3 Å². The Balaban J connectivity index is 1.76. The molecule has 3 rings (SSSR count). The van der Waals surface area contributed by atoms with Crippen LogP contribution >= 0.6 is 0 Å². The summed E-state index contributed by atoms with van der Waals surface area (Å²) in [5.41, 5.74) is 1.55. The Morgan fingerprint density at radius 1 is 1.14 bits per heavy atom. The maximum absolute atomic E-state index is 14.0. The number of hydrogen-bond donors (Lipinski definition) is 2. The van der Waals surface area contributed by atoms with Crippen LogP contribution in [0.2, 0.25) is 0 Å². The number of carbonyl (C=O) groups is 3. The number of benzene rings is 2. The third kappa shape index (κ3) is 3.85. The number of anilines is 2. The average molecular weight is 387 g/mol. The van der Waals surface area contributed by atoms with Gasteiger partial charge in [-0.05, 0) is 36.8 Å². The second kappa shape index (κ2) is 7.75. The van der Waals surface area contributed by atoms with Crippen molar-refractivity contribution in [2.75, 3.05) is 23.8 Å². The van der Waals surface area contributed by atoms with Crippen molar-refractivity contribution < 1.29 is 23.2 Å². The lowest BCUT2D eigenvalue weighted by molar-refractivity contribution is -0.122. The minimum Gasteiger partial charge on any atom is -0.355 e. The van der Waals surface area contributed by atoms with Gasteiger partial charge in [-0.2, -0.15) is 0 Å². The fraction of sp³-hybridized carbons (Fsp3) is 0.250. The molecular weight excluding hydrogens is 368 g/mol. The Bertz CT molecular complexity index is 962. The lowest BCUT2D eigenvalue weighted by Gasteiger charge is -2.18. The minimum atomic E-state index is -0.858. The molecule has 0 saturated carbocycles. The summed E-state index contributed by atoms with van der Waals surface area (Å²) in [5.74, 6) is -3.40. The van der Waals surface area contributed by atoms with Crippen molar-refractivity contribution in [3.8, 4) is 0 Å². The van der Waals surface area contributed by atoms with Crippen molar-refractivity contribution in [3.63, 3.8) is 0 Å². The van der Waals surface area contributed by atoms with E-state index in [-0.39, 0.29) is 24.6 Å². The number of rotatable bonds is 4. The minimum absolute atomic E-state index is 0.0125. The molecule has 2 N–H and O–H groups in total. The first kappa shape index (κ1) is 19.5. The van der Waals surface area contributed by atoms with Crippen LogP contribution in [0.3, 0.4) is 0 Å². The molecule has 1 aliphatic heterocycles. The van der Waals surface area contributed by atoms with E-state index in [4.69, 9.17) is 0 Å². The van der Waals surface area contributed by atoms with Gasteiger partial charge >= 0.3 is 0 Å². The van der Waals surface area contributed by atoms with Crippen LogP contribution in [0.1, 0.15) is 22.3 Å². The molecule has 146 valence electrons. The van der Waals surface area contributed by atoms with E-state index in [0.717, 1.165) is 16.5 Å². The predicted molar refractivity (Wildman–Crippen MR) is 100 cm³/mol. The number of nitrogens with zero attached hydrogens (tertiary/aromatic N) is 1. The standard InChI is InChI=1S/C20H19F2N3O3/c1-11-3-4-12(19(27)23-2)7-16(11)24-20(28)13-8-18(26)25(10-13)17-6-5-14(21)9-15(17)22/h3-7,9,13H,8,10H2,1-2H3,(H,23,27)(H,24,28). The molecule has 0 bridgehead atoms. The van der Waals surface area contributed by atoms with Gasteiger partial charge in [-0.3, -0.25) is 14.4 Å². The molecule has 0 radical (unpaired) electrons. The van der Waals surface area contributed by atoms with E-state index in [9.17, 15) is 23.2 Å². The molecule has 6 nitrogen and oxygen atoms in total. The number of amides is 3. The summed E-state index contributed by atoms with van der Waals surface area (Å²) in [6.07, 6.45) is -0.0865. The van der Waals surface area contributed by atoms with Gasteiger partial charge in [0.05, 0.1) is 11.6 Å². The van der Waals surface area contributed by atoms with Crippen LogP contribution < -0.4 is 15.5 Å². The number of aryl methyl sites for hydroxylation is 1. The van der Waals surface area contributed by atoms with Crippen molar-refractivity contribution in [1.29, 1.82) is 0 Å². The Morgan fingerprint density at radius 3 is 2.57 bits per heavy atom. The van der Waals surface area contributed by atoms with E-state index >= 15 is 0 Å². The molecule has 1 fully saturated rings. The van der Waals surface area contributed by atoms with E-state index in [1.54, 1.807) is 25.1 Å². The lowest BCUT2D eigenvalue weighted by Crippen LogP contribution is -2.29. The van der Waals surface area contributed by atoms with E-state index in [2.05, 4.69) is 10.6 Å². The predicted octanol–water partition coefficient (Wildman–Crippen LogP) is 2.62. The first-order chi connectivity index (χ1) is 13.3. The van der Waals surface area contributed by atoms with Gasteiger partial charge in [-0.15, -0.1) is 0 Å². The van der Waals surface area contributed by atoms with Gasteiger partial charge in [0.25, 0.3) is 5.91 Å². The number of carbonyl (C=O) groups excluding carboxylic acids is 3. The SMILES string of the molecule is CNC(=O)c1ccc(C)c(NC(=O)C2CC(=O)N(c3ccc(F)cc3F)C2)c1. The zero-order valence-electron chi connectivity index (χ0n) is 15.4. The van der Waals surface area contributed by atoms with Gasteiger partial charge in [0.15, 0.2) is 0 Å². The highest BCUT2D eigenvalue weighted by molar-refractivity contribution is 6.04. The molecule has 1 unspecified atom stereocenters. The van der Waals surface area contributed by atoms with Crippen LogP contribution in [0.5, 0.6) is 0 Å². The average Bonchev–Trinajstić information content (AvgIpc) is 3.04. The van der Waals surface area contributed by atoms with Gasteiger partial charge in [0.1, 0.15) is 11.6 Å². The smallest absolute Gasteiger partial charge is 0.251 e. The molecular formula is C20H19F2N3O3. The zero-order chi connectivity index (χ0) is 20.4. The van der Waals surface area contributed by atoms with E-state index in [1.165, 1.54) is 13.1 Å². The van der Waals surface area contributed by atoms with Crippen molar-refractivity contribution in [2.45, 2.75) is 13.3 Å². The number of halogens is 2. The Labute approximate surface area is 160 Å². The molecule has 0 spiro atoms. The Hall–Kier alpha value is -3.29. The maximum atomic E-state index is 14.0. The highest BCUT2D eigenvalue weighted by Gasteiger charge is 2.36. The van der Waals surface area contributed by atoms with Crippen molar-refractivity contribution in [3.05, 3.63) is 59.2 Å². The van der Waals surface area contributed by atoms with E-state index < -0.39 is 29.4 Å². The third-order valence-corrected chi connectivity index (χ3v) is 4.68. The van der Waals surface area contributed by atoms with Gasteiger partial charge in [-0.1, -0.05) is 6.07 Å². The number of hydrogen-bond acceptors (Lipinski definition) is 3. The van der Waals surface area contributed by atoms with Crippen LogP contribution in [0.25, 0.3) is 0 Å². The van der Waals surface area contributed by atoms with Gasteiger partial charge in [0, 0.05) is 37.3 Å². The molecule has 0 aromatic heterocycles. The van der Waals surface area contributed by atoms with Gasteiger partial charge < -0.3 is 15.5 Å². The molecule has 8 heteroatoms. The quantitative estimate of drug-likeness (QED) is 0.847. The Morgan fingerprint density at radius 2 is 1.89 bits per heavy atom. The molecule has 0 aliphatic carbocycles. The monoisotopic (exact) mass is 387 g/mol. The molecule has 1 atom stereocenters. The summed E-state index contributed by atoms with van der Waals surface area (Å²) in [6.45, 7) is 1.77. The fourth-order valence-corrected chi connectivity index (χ4v) is 3.09. The van der Waals surface area contributed by atoms with Gasteiger partial charge in [-0.25, -0.2) is 8.78 Å². The largest absolute Gasteiger partial charge is 0.355 e. The van der Waals surface area contributed by atoms with E-state index in [1.807, 2.05) is 0 Å². The van der Waals surface area contributed by atoms with Crippen LogP contribution in [0, 0.1) is 24.5 Å². The van der Waals surface area contributed by atoms with Crippen LogP contribution in [0.15, 0.2) is 36.4 Å². The van der Waals surface area contributed by atoms with Crippen molar-refractivity contribution in [1.82, 2.24) is 5.32 Å². The fourth-order valence-electron chi connectivity index (χ4n) is 3.09. The van der Waals surface area contributed by atoms with Crippen molar-refractivity contribution in [2.24, 2.45) is 5.92 Å². The summed E-state index contributed by atoms with van der Waals surface area (Å²) in [7, 11) is 1.51. The molecule has 2 aromatic carbocycles. The molecule has 3 amide bonds. The topological polar surface area (TPSA) is 78.5 Å². The third-order valence-electron chi connectivity index (χ3n) is 4.68. The normalized spacial score (nSPS) is 16.2. The molecule has 28 heavy (non-hydrogen) atoms. The second-order valence-corrected chi connectivity index (χ2v) is 6.60. The molecule has 1 aliphatic rings. The number of nitrogens with one attached hydrogen (secondary N) is 2. The summed E-state index contributed by atoms with van der Waals surface area (Å²) < 4.78 is 27.1. The Kier molecular flexibility index (Phi) is 5.39. The summed E-state index contributed by atoms with van der Waals surface area (Å²) in [4.78, 5) is 37.8. The van der Waals surface area contributed by atoms with Crippen LogP contribution in [-0.2, 0) is 9.59 Å². The lowest BCUT2D eigenvalue weighted by atomic mass is 10.1. The van der Waals surface area contributed by atoms with Gasteiger partial charge in [0.2, 0.25) is 11.8 Å². The summed E-state index contributed by atoms with van der Waals surface area (Å²) in [5, 5.41) is 5.25. The van der Waals surface area contributed by atoms with Crippen LogP contribution in [0.4, 0.5) is 20.2 Å². The van der Waals surface area contributed by atoms with Crippen LogP contribution in [-0.4, -0.2) is 31.3 Å². The first-order valence-electron chi connectivity index (χ1n) is 8.69. The molecule has 1 saturated heterocycles. The highest BCUT2D eigenvalue weighted by Crippen LogP contribution is 2.29. The second-order valence-electron chi connectivity index (χ2n) is 6.60. The summed E-state index contributed by atoms with van der Waals surface area (Å²) >= 11 is 0.